The Morgan fingerprint density at radius 2 is 1.92 bits per heavy atom. The molecule has 0 aliphatic heterocycles. The maximum absolute atomic E-state index is 12.5. The Bertz CT molecular complexity index is 210. The lowest BCUT2D eigenvalue weighted by molar-refractivity contribution is 0.425. The van der Waals surface area contributed by atoms with Gasteiger partial charge in [0.05, 0.1) is 6.67 Å². The molecule has 0 fully saturated rings. The van der Waals surface area contributed by atoms with Crippen LogP contribution in [-0.4, -0.2) is 12.0 Å². The van der Waals surface area contributed by atoms with E-state index in [-0.39, 0.29) is 12.6 Å². The molecular weight excluding hydrogens is 219 g/mol. The maximum atomic E-state index is 12.5. The van der Waals surface area contributed by atoms with Crippen LogP contribution in [0.5, 0.6) is 0 Å². The number of alkyl halides is 2. The van der Waals surface area contributed by atoms with Crippen molar-refractivity contribution in [1.82, 2.24) is 0 Å². The molecule has 0 spiro atoms. The number of halogens is 2. The van der Waals surface area contributed by atoms with Gasteiger partial charge in [-0.3, -0.25) is 4.39 Å². The van der Waals surface area contributed by atoms with E-state index < -0.39 is 0 Å². The van der Waals surface area contributed by atoms with Gasteiger partial charge in [-0.15, -0.1) is 0 Å². The molecule has 2 heteroatoms. The van der Waals surface area contributed by atoms with E-state index in [1.807, 2.05) is 30.3 Å². The van der Waals surface area contributed by atoms with Gasteiger partial charge in [-0.1, -0.05) is 46.3 Å². The average Bonchev–Trinajstić information content (AvgIpc) is 2.15. The first-order valence-electron chi connectivity index (χ1n) is 4.05. The van der Waals surface area contributed by atoms with Crippen LogP contribution in [0.4, 0.5) is 4.39 Å². The van der Waals surface area contributed by atoms with E-state index in [1.165, 1.54) is 0 Å². The summed E-state index contributed by atoms with van der Waals surface area (Å²) in [4.78, 5) is 0. The fourth-order valence-electron chi connectivity index (χ4n) is 1.19. The summed E-state index contributed by atoms with van der Waals surface area (Å²) in [5.74, 6) is 0.0607. The molecule has 1 aromatic rings. The van der Waals surface area contributed by atoms with Gasteiger partial charge < -0.3 is 0 Å². The van der Waals surface area contributed by atoms with Crippen LogP contribution in [0.3, 0.4) is 0 Å². The molecule has 0 nitrogen and oxygen atoms in total. The van der Waals surface area contributed by atoms with Gasteiger partial charge in [0.1, 0.15) is 0 Å². The van der Waals surface area contributed by atoms with E-state index in [2.05, 4.69) is 15.9 Å². The fourth-order valence-corrected chi connectivity index (χ4v) is 1.74. The van der Waals surface area contributed by atoms with Crippen LogP contribution in [0.15, 0.2) is 30.3 Å². The molecule has 12 heavy (non-hydrogen) atoms. The van der Waals surface area contributed by atoms with E-state index in [9.17, 15) is 4.39 Å². The Morgan fingerprint density at radius 1 is 1.25 bits per heavy atom. The summed E-state index contributed by atoms with van der Waals surface area (Å²) >= 11 is 3.32. The van der Waals surface area contributed by atoms with E-state index in [1.54, 1.807) is 0 Å². The molecule has 1 atom stereocenters. The normalized spacial score (nSPS) is 12.8. The minimum Gasteiger partial charge on any atom is -0.250 e. The molecule has 1 unspecified atom stereocenters. The highest BCUT2D eigenvalue weighted by Crippen LogP contribution is 2.20. The third-order valence-electron chi connectivity index (χ3n) is 1.91. The van der Waals surface area contributed by atoms with Crippen LogP contribution >= 0.6 is 15.9 Å². The lowest BCUT2D eigenvalue weighted by atomic mass is 9.98. The molecule has 66 valence electrons. The second-order valence-electron chi connectivity index (χ2n) is 2.74. The van der Waals surface area contributed by atoms with E-state index in [0.717, 1.165) is 17.3 Å². The van der Waals surface area contributed by atoms with Crippen LogP contribution in [0, 0.1) is 0 Å². The van der Waals surface area contributed by atoms with Crippen molar-refractivity contribution in [2.45, 2.75) is 12.3 Å². The number of rotatable bonds is 4. The van der Waals surface area contributed by atoms with Crippen LogP contribution in [0.1, 0.15) is 17.9 Å². The number of hydrogen-bond acceptors (Lipinski definition) is 0. The summed E-state index contributed by atoms with van der Waals surface area (Å²) in [5, 5.41) is 0.858. The third kappa shape index (κ3) is 2.59. The number of benzene rings is 1. The highest BCUT2D eigenvalue weighted by atomic mass is 79.9. The number of hydrogen-bond donors (Lipinski definition) is 0. The van der Waals surface area contributed by atoms with Gasteiger partial charge in [-0.05, 0) is 12.0 Å². The smallest absolute Gasteiger partial charge is 0.0963 e. The van der Waals surface area contributed by atoms with Gasteiger partial charge in [-0.2, -0.15) is 0 Å². The minimum absolute atomic E-state index is 0.0607. The van der Waals surface area contributed by atoms with E-state index in [0.29, 0.717) is 0 Å². The van der Waals surface area contributed by atoms with Crippen LogP contribution in [-0.2, 0) is 0 Å². The zero-order valence-electron chi connectivity index (χ0n) is 6.84. The first-order chi connectivity index (χ1) is 5.88. The van der Waals surface area contributed by atoms with Crippen LogP contribution < -0.4 is 0 Å². The standard InChI is InChI=1S/C10H12BrF/c11-7-6-10(8-12)9-4-2-1-3-5-9/h1-5,10H,6-8H2. The van der Waals surface area contributed by atoms with Gasteiger partial charge >= 0.3 is 0 Å². The predicted octanol–water partition coefficient (Wildman–Crippen LogP) is 3.52. The summed E-state index contributed by atoms with van der Waals surface area (Å²) in [7, 11) is 0. The second kappa shape index (κ2) is 5.31. The molecule has 0 amide bonds. The predicted molar refractivity (Wildman–Crippen MR) is 53.6 cm³/mol. The quantitative estimate of drug-likeness (QED) is 0.695. The molecule has 0 bridgehead atoms. The van der Waals surface area contributed by atoms with Crippen molar-refractivity contribution in [3.8, 4) is 0 Å². The van der Waals surface area contributed by atoms with Crippen LogP contribution in [0.25, 0.3) is 0 Å². The monoisotopic (exact) mass is 230 g/mol. The molecule has 0 saturated carbocycles. The summed E-state index contributed by atoms with van der Waals surface area (Å²) < 4.78 is 12.5. The SMILES string of the molecule is FCC(CCBr)c1ccccc1. The molecule has 0 saturated heterocycles. The lowest BCUT2D eigenvalue weighted by Gasteiger charge is -2.10. The van der Waals surface area contributed by atoms with Crippen molar-refractivity contribution in [2.75, 3.05) is 12.0 Å². The van der Waals surface area contributed by atoms with Gasteiger partial charge in [0.25, 0.3) is 0 Å². The summed E-state index contributed by atoms with van der Waals surface area (Å²) in [6.45, 7) is -0.268. The Balaban J connectivity index is 2.66. The molecule has 0 heterocycles. The van der Waals surface area contributed by atoms with E-state index >= 15 is 0 Å². The molecule has 1 rings (SSSR count). The van der Waals surface area contributed by atoms with Crippen molar-refractivity contribution >= 4 is 15.9 Å². The topological polar surface area (TPSA) is 0 Å². The minimum atomic E-state index is -0.268. The summed E-state index contributed by atoms with van der Waals surface area (Å²) in [6, 6.07) is 9.81. The molecule has 0 aliphatic rings. The third-order valence-corrected chi connectivity index (χ3v) is 2.37. The fraction of sp³-hybridized carbons (Fsp3) is 0.400. The van der Waals surface area contributed by atoms with Crippen molar-refractivity contribution in [1.29, 1.82) is 0 Å². The molecule has 1 aromatic carbocycles. The first kappa shape index (κ1) is 9.72. The van der Waals surface area contributed by atoms with Crippen molar-refractivity contribution in [3.05, 3.63) is 35.9 Å². The highest BCUT2D eigenvalue weighted by Gasteiger charge is 2.08. The first-order valence-corrected chi connectivity index (χ1v) is 5.17. The zero-order valence-corrected chi connectivity index (χ0v) is 8.43. The van der Waals surface area contributed by atoms with Crippen LogP contribution in [0.2, 0.25) is 0 Å². The second-order valence-corrected chi connectivity index (χ2v) is 3.53. The molecule has 0 aromatic heterocycles. The Hall–Kier alpha value is -0.370. The van der Waals surface area contributed by atoms with E-state index in [4.69, 9.17) is 0 Å². The van der Waals surface area contributed by atoms with Gasteiger partial charge in [0, 0.05) is 11.2 Å². The molecule has 0 N–H and O–H groups in total. The maximum Gasteiger partial charge on any atom is 0.0963 e. The van der Waals surface area contributed by atoms with Crippen molar-refractivity contribution < 1.29 is 4.39 Å². The highest BCUT2D eigenvalue weighted by molar-refractivity contribution is 9.09. The largest absolute Gasteiger partial charge is 0.250 e. The summed E-state index contributed by atoms with van der Waals surface area (Å²) in [6.07, 6.45) is 0.862. The average molecular weight is 231 g/mol. The summed E-state index contributed by atoms with van der Waals surface area (Å²) in [5.41, 5.74) is 1.10. The van der Waals surface area contributed by atoms with Gasteiger partial charge in [0.15, 0.2) is 0 Å². The molecule has 0 radical (unpaired) electrons. The van der Waals surface area contributed by atoms with Gasteiger partial charge in [0.2, 0.25) is 0 Å². The Labute approximate surface area is 80.9 Å². The Morgan fingerprint density at radius 3 is 2.42 bits per heavy atom. The lowest BCUT2D eigenvalue weighted by Crippen LogP contribution is -2.01. The zero-order chi connectivity index (χ0) is 8.81. The van der Waals surface area contributed by atoms with Crippen molar-refractivity contribution in [3.63, 3.8) is 0 Å². The molecular formula is C10H12BrF. The molecule has 0 aliphatic carbocycles. The van der Waals surface area contributed by atoms with Gasteiger partial charge in [-0.25, -0.2) is 0 Å². The Kier molecular flexibility index (Phi) is 4.30. The van der Waals surface area contributed by atoms with Crippen molar-refractivity contribution in [2.24, 2.45) is 0 Å².